The van der Waals surface area contributed by atoms with Crippen LogP contribution in [0.4, 0.5) is 0 Å². The summed E-state index contributed by atoms with van der Waals surface area (Å²) in [6.07, 6.45) is -0.387. The fourth-order valence-electron chi connectivity index (χ4n) is 1.34. The average molecular weight is 336 g/mol. The van der Waals surface area contributed by atoms with Crippen molar-refractivity contribution in [1.29, 1.82) is 0 Å². The molecule has 0 aliphatic heterocycles. The van der Waals surface area contributed by atoms with Crippen LogP contribution in [0, 0.1) is 0 Å². The predicted octanol–water partition coefficient (Wildman–Crippen LogP) is 1.80. The fourth-order valence-corrected chi connectivity index (χ4v) is 2.10. The second-order valence-electron chi connectivity index (χ2n) is 3.93. The zero-order chi connectivity index (χ0) is 13.5. The molecule has 1 aromatic rings. The lowest BCUT2D eigenvalue weighted by Crippen LogP contribution is -2.34. The normalized spacial score (nSPS) is 12.2. The van der Waals surface area contributed by atoms with E-state index in [9.17, 15) is 4.79 Å². The van der Waals surface area contributed by atoms with Crippen LogP contribution in [-0.4, -0.2) is 36.8 Å². The Morgan fingerprint density at radius 2 is 2.22 bits per heavy atom. The predicted molar refractivity (Wildman–Crippen MR) is 76.0 cm³/mol. The molecule has 1 aromatic carbocycles. The molecule has 0 saturated carbocycles. The Morgan fingerprint density at radius 1 is 1.50 bits per heavy atom. The van der Waals surface area contributed by atoms with E-state index in [-0.39, 0.29) is 12.0 Å². The van der Waals surface area contributed by atoms with Gasteiger partial charge in [-0.1, -0.05) is 27.5 Å². The van der Waals surface area contributed by atoms with Gasteiger partial charge in [0.25, 0.3) is 5.91 Å². The van der Waals surface area contributed by atoms with Crippen LogP contribution in [0.25, 0.3) is 0 Å². The maximum atomic E-state index is 11.8. The smallest absolute Gasteiger partial charge is 0.252 e. The van der Waals surface area contributed by atoms with Gasteiger partial charge in [0.05, 0.1) is 16.7 Å². The summed E-state index contributed by atoms with van der Waals surface area (Å²) in [5.74, 6) is -0.202. The van der Waals surface area contributed by atoms with Crippen LogP contribution in [0.1, 0.15) is 17.3 Å². The third-order valence-corrected chi connectivity index (χ3v) is 3.01. The third-order valence-electron chi connectivity index (χ3n) is 2.20. The van der Waals surface area contributed by atoms with Gasteiger partial charge in [-0.2, -0.15) is 0 Å². The summed E-state index contributed by atoms with van der Waals surface area (Å²) in [5, 5.41) is 15.2. The van der Waals surface area contributed by atoms with Crippen molar-refractivity contribution in [3.63, 3.8) is 0 Å². The van der Waals surface area contributed by atoms with E-state index in [1.54, 1.807) is 25.1 Å². The molecule has 0 aliphatic rings. The average Bonchev–Trinajstić information content (AvgIpc) is 2.27. The van der Waals surface area contributed by atoms with E-state index >= 15 is 0 Å². The first-order valence-corrected chi connectivity index (χ1v) is 6.80. The van der Waals surface area contributed by atoms with Crippen LogP contribution < -0.4 is 10.6 Å². The molecule has 6 heteroatoms. The highest BCUT2D eigenvalue weighted by Crippen LogP contribution is 2.21. The van der Waals surface area contributed by atoms with E-state index in [1.807, 2.05) is 0 Å². The highest BCUT2D eigenvalue weighted by molar-refractivity contribution is 9.10. The van der Waals surface area contributed by atoms with Crippen LogP contribution >= 0.6 is 27.5 Å². The Kier molecular flexibility index (Phi) is 6.63. The molecule has 1 atom stereocenters. The summed E-state index contributed by atoms with van der Waals surface area (Å²) in [6.45, 7) is 3.30. The van der Waals surface area contributed by atoms with Gasteiger partial charge >= 0.3 is 0 Å². The number of hydrogen-bond acceptors (Lipinski definition) is 3. The number of amides is 1. The molecule has 0 bridgehead atoms. The first-order valence-electron chi connectivity index (χ1n) is 5.62. The number of aliphatic hydroxyl groups is 1. The largest absolute Gasteiger partial charge is 0.392 e. The Labute approximate surface area is 120 Å². The van der Waals surface area contributed by atoms with Gasteiger partial charge in [-0.05, 0) is 25.1 Å². The van der Waals surface area contributed by atoms with Crippen molar-refractivity contribution in [2.24, 2.45) is 0 Å². The maximum absolute atomic E-state index is 11.8. The van der Waals surface area contributed by atoms with Crippen LogP contribution in [-0.2, 0) is 0 Å². The molecule has 0 radical (unpaired) electrons. The number of benzene rings is 1. The van der Waals surface area contributed by atoms with Crippen LogP contribution in [0.2, 0.25) is 5.02 Å². The zero-order valence-electron chi connectivity index (χ0n) is 10.0. The van der Waals surface area contributed by atoms with E-state index < -0.39 is 0 Å². The molecule has 3 N–H and O–H groups in total. The van der Waals surface area contributed by atoms with Crippen molar-refractivity contribution in [3.05, 3.63) is 33.3 Å². The van der Waals surface area contributed by atoms with Gasteiger partial charge in [0, 0.05) is 24.1 Å². The standard InChI is InChI=1S/C12H16BrClN2O2/c1-8(17)7-15-4-5-16-12(18)10-3-2-9(13)6-11(10)14/h2-3,6,8,15,17H,4-5,7H2,1H3,(H,16,18). The summed E-state index contributed by atoms with van der Waals surface area (Å²) in [7, 11) is 0. The summed E-state index contributed by atoms with van der Waals surface area (Å²) in [5.41, 5.74) is 0.454. The molecule has 1 amide bonds. The molecular weight excluding hydrogens is 320 g/mol. The van der Waals surface area contributed by atoms with Crippen molar-refractivity contribution in [3.8, 4) is 0 Å². The third kappa shape index (κ3) is 5.35. The molecule has 0 aliphatic carbocycles. The second kappa shape index (κ2) is 7.74. The van der Waals surface area contributed by atoms with Gasteiger partial charge < -0.3 is 15.7 Å². The van der Waals surface area contributed by atoms with Crippen LogP contribution in [0.5, 0.6) is 0 Å². The minimum absolute atomic E-state index is 0.202. The Bertz CT molecular complexity index is 413. The quantitative estimate of drug-likeness (QED) is 0.695. The molecule has 0 saturated heterocycles. The summed E-state index contributed by atoms with van der Waals surface area (Å²) < 4.78 is 0.836. The zero-order valence-corrected chi connectivity index (χ0v) is 12.4. The number of rotatable bonds is 6. The number of nitrogens with one attached hydrogen (secondary N) is 2. The Balaban J connectivity index is 2.36. The molecule has 4 nitrogen and oxygen atoms in total. The first kappa shape index (κ1) is 15.4. The summed E-state index contributed by atoms with van der Waals surface area (Å²) in [6, 6.07) is 5.12. The maximum Gasteiger partial charge on any atom is 0.252 e. The molecular formula is C12H16BrClN2O2. The molecule has 1 unspecified atom stereocenters. The Morgan fingerprint density at radius 3 is 2.83 bits per heavy atom. The van der Waals surface area contributed by atoms with E-state index in [1.165, 1.54) is 0 Å². The number of hydrogen-bond donors (Lipinski definition) is 3. The lowest BCUT2D eigenvalue weighted by atomic mass is 10.2. The lowest BCUT2D eigenvalue weighted by molar-refractivity contribution is 0.0954. The number of halogens is 2. The van der Waals surface area contributed by atoms with Gasteiger partial charge in [0.1, 0.15) is 0 Å². The first-order chi connectivity index (χ1) is 8.50. The summed E-state index contributed by atoms with van der Waals surface area (Å²) >= 11 is 9.25. The minimum atomic E-state index is -0.387. The molecule has 100 valence electrons. The van der Waals surface area contributed by atoms with E-state index in [4.69, 9.17) is 16.7 Å². The van der Waals surface area contributed by atoms with E-state index in [0.29, 0.717) is 30.2 Å². The van der Waals surface area contributed by atoms with Crippen molar-refractivity contribution in [2.45, 2.75) is 13.0 Å². The van der Waals surface area contributed by atoms with Gasteiger partial charge in [-0.25, -0.2) is 0 Å². The van der Waals surface area contributed by atoms with Gasteiger partial charge in [-0.3, -0.25) is 4.79 Å². The SMILES string of the molecule is CC(O)CNCCNC(=O)c1ccc(Br)cc1Cl. The molecule has 18 heavy (non-hydrogen) atoms. The topological polar surface area (TPSA) is 61.4 Å². The van der Waals surface area contributed by atoms with Crippen molar-refractivity contribution < 1.29 is 9.90 Å². The van der Waals surface area contributed by atoms with E-state index in [0.717, 1.165) is 4.47 Å². The number of carbonyl (C=O) groups excluding carboxylic acids is 1. The van der Waals surface area contributed by atoms with Crippen molar-refractivity contribution in [2.75, 3.05) is 19.6 Å². The summed E-state index contributed by atoms with van der Waals surface area (Å²) in [4.78, 5) is 11.8. The van der Waals surface area contributed by atoms with Gasteiger partial charge in [0.15, 0.2) is 0 Å². The number of carbonyl (C=O) groups is 1. The minimum Gasteiger partial charge on any atom is -0.392 e. The monoisotopic (exact) mass is 334 g/mol. The molecule has 0 fully saturated rings. The number of aliphatic hydroxyl groups excluding tert-OH is 1. The van der Waals surface area contributed by atoms with Crippen molar-refractivity contribution in [1.82, 2.24) is 10.6 Å². The highest BCUT2D eigenvalue weighted by Gasteiger charge is 2.09. The van der Waals surface area contributed by atoms with Crippen LogP contribution in [0.15, 0.2) is 22.7 Å². The second-order valence-corrected chi connectivity index (χ2v) is 5.26. The molecule has 0 heterocycles. The van der Waals surface area contributed by atoms with Crippen molar-refractivity contribution >= 4 is 33.4 Å². The van der Waals surface area contributed by atoms with Crippen LogP contribution in [0.3, 0.4) is 0 Å². The fraction of sp³-hybridized carbons (Fsp3) is 0.417. The molecule has 0 spiro atoms. The van der Waals surface area contributed by atoms with Gasteiger partial charge in [0.2, 0.25) is 0 Å². The Hall–Kier alpha value is -0.620. The highest BCUT2D eigenvalue weighted by atomic mass is 79.9. The van der Waals surface area contributed by atoms with E-state index in [2.05, 4.69) is 26.6 Å². The molecule has 1 rings (SSSR count). The van der Waals surface area contributed by atoms with Gasteiger partial charge in [-0.15, -0.1) is 0 Å². The molecule has 0 aromatic heterocycles. The lowest BCUT2D eigenvalue weighted by Gasteiger charge is -2.09.